The number of ketones is 1. The van der Waals surface area contributed by atoms with Crippen LogP contribution >= 0.6 is 12.4 Å². The van der Waals surface area contributed by atoms with Crippen LogP contribution in [0.15, 0.2) is 84.9 Å². The molecule has 0 radical (unpaired) electrons. The zero-order valence-corrected chi connectivity index (χ0v) is 20.6. The number of hydrogen-bond acceptors (Lipinski definition) is 4. The van der Waals surface area contributed by atoms with Crippen LogP contribution in [0.25, 0.3) is 0 Å². The summed E-state index contributed by atoms with van der Waals surface area (Å²) < 4.78 is 5.48. The average Bonchev–Trinajstić information content (AvgIpc) is 2.83. The van der Waals surface area contributed by atoms with Crippen LogP contribution in [-0.4, -0.2) is 23.2 Å². The summed E-state index contributed by atoms with van der Waals surface area (Å²) >= 11 is 0. The van der Waals surface area contributed by atoms with Crippen molar-refractivity contribution in [3.8, 4) is 5.75 Å². The van der Waals surface area contributed by atoms with Gasteiger partial charge in [-0.25, -0.2) is 0 Å². The molecule has 0 amide bonds. The lowest BCUT2D eigenvalue weighted by atomic mass is 10.1. The van der Waals surface area contributed by atoms with E-state index in [0.29, 0.717) is 30.8 Å². The number of rotatable bonds is 13. The predicted octanol–water partition coefficient (Wildman–Crippen LogP) is 6.87. The molecule has 0 atom stereocenters. The first-order valence-electron chi connectivity index (χ1n) is 11.8. The van der Waals surface area contributed by atoms with E-state index < -0.39 is 0 Å². The summed E-state index contributed by atoms with van der Waals surface area (Å²) in [6.45, 7) is 3.77. The number of carbonyl (C=O) groups excluding carboxylic acids is 2. The number of halogens is 1. The van der Waals surface area contributed by atoms with E-state index in [-0.39, 0.29) is 30.7 Å². The Hall–Kier alpha value is -2.95. The number of ether oxygens (including phenoxy) is 1. The largest absolute Gasteiger partial charge is 0.427 e. The lowest BCUT2D eigenvalue weighted by molar-refractivity contribution is -0.134. The van der Waals surface area contributed by atoms with Crippen molar-refractivity contribution in [3.05, 3.63) is 102 Å². The van der Waals surface area contributed by atoms with Crippen molar-refractivity contribution >= 4 is 24.2 Å². The second-order valence-electron chi connectivity index (χ2n) is 8.35. The molecule has 0 saturated heterocycles. The van der Waals surface area contributed by atoms with E-state index in [4.69, 9.17) is 4.74 Å². The topological polar surface area (TPSA) is 46.6 Å². The van der Waals surface area contributed by atoms with E-state index in [2.05, 4.69) is 36.1 Å². The Kier molecular flexibility index (Phi) is 12.1. The summed E-state index contributed by atoms with van der Waals surface area (Å²) in [5.74, 6) is 0.187. The van der Waals surface area contributed by atoms with Gasteiger partial charge < -0.3 is 4.74 Å². The highest BCUT2D eigenvalue weighted by Crippen LogP contribution is 2.17. The van der Waals surface area contributed by atoms with Crippen LogP contribution < -0.4 is 4.74 Å². The maximum atomic E-state index is 13.1. The Labute approximate surface area is 209 Å². The van der Waals surface area contributed by atoms with Gasteiger partial charge in [0.15, 0.2) is 5.78 Å². The molecule has 0 aliphatic carbocycles. The van der Waals surface area contributed by atoms with Crippen molar-refractivity contribution < 1.29 is 14.3 Å². The molecule has 3 aromatic rings. The second kappa shape index (κ2) is 15.0. The summed E-state index contributed by atoms with van der Waals surface area (Å²) in [4.78, 5) is 27.4. The van der Waals surface area contributed by atoms with E-state index in [0.717, 1.165) is 36.8 Å². The van der Waals surface area contributed by atoms with Crippen molar-refractivity contribution in [1.29, 1.82) is 0 Å². The Morgan fingerprint density at radius 1 is 0.765 bits per heavy atom. The molecule has 5 heteroatoms. The van der Waals surface area contributed by atoms with Gasteiger partial charge in [0.05, 0.1) is 6.54 Å². The monoisotopic (exact) mass is 479 g/mol. The van der Waals surface area contributed by atoms with Crippen LogP contribution in [0.2, 0.25) is 0 Å². The number of nitrogens with zero attached hydrogens (tertiary/aromatic N) is 1. The summed E-state index contributed by atoms with van der Waals surface area (Å²) in [7, 11) is 0. The molecule has 0 aliphatic heterocycles. The normalized spacial score (nSPS) is 10.5. The Morgan fingerprint density at radius 3 is 1.97 bits per heavy atom. The molecule has 0 bridgehead atoms. The van der Waals surface area contributed by atoms with E-state index in [1.54, 1.807) is 24.3 Å². The molecule has 0 aromatic heterocycles. The molecular weight excluding hydrogens is 446 g/mol. The van der Waals surface area contributed by atoms with E-state index in [9.17, 15) is 9.59 Å². The SMILES string of the molecule is CCCCCCC(=O)Oc1cccc(C(=O)CN(Cc2ccccc2)Cc2ccccc2)c1.Cl. The molecular formula is C29H34ClNO3. The lowest BCUT2D eigenvalue weighted by Crippen LogP contribution is -2.29. The number of hydrogen-bond donors (Lipinski definition) is 0. The fourth-order valence-electron chi connectivity index (χ4n) is 3.76. The molecule has 0 fully saturated rings. The molecule has 34 heavy (non-hydrogen) atoms. The molecule has 0 aliphatic rings. The standard InChI is InChI=1S/C29H33NO3.ClH/c1-2-3-4-11-19-29(32)33-27-18-12-17-26(20-27)28(31)23-30(21-24-13-7-5-8-14-24)22-25-15-9-6-10-16-25;/h5-10,12-18,20H,2-4,11,19,21-23H2,1H3;1H. The minimum absolute atomic E-state index is 0. The first kappa shape index (κ1) is 27.3. The molecule has 3 aromatic carbocycles. The van der Waals surface area contributed by atoms with Crippen molar-refractivity contribution in [3.63, 3.8) is 0 Å². The molecule has 0 spiro atoms. The maximum Gasteiger partial charge on any atom is 0.311 e. The Morgan fingerprint density at radius 2 is 1.38 bits per heavy atom. The van der Waals surface area contributed by atoms with Crippen LogP contribution in [0.3, 0.4) is 0 Å². The third-order valence-corrected chi connectivity index (χ3v) is 5.49. The van der Waals surface area contributed by atoms with Gasteiger partial charge >= 0.3 is 5.97 Å². The van der Waals surface area contributed by atoms with Crippen molar-refractivity contribution in [2.45, 2.75) is 52.1 Å². The number of esters is 1. The summed E-state index contributed by atoms with van der Waals surface area (Å²) in [5, 5.41) is 0. The van der Waals surface area contributed by atoms with Gasteiger partial charge in [0.1, 0.15) is 5.75 Å². The van der Waals surface area contributed by atoms with E-state index in [1.807, 2.05) is 36.4 Å². The van der Waals surface area contributed by atoms with Crippen LogP contribution in [0, 0.1) is 0 Å². The highest BCUT2D eigenvalue weighted by molar-refractivity contribution is 5.98. The fraction of sp³-hybridized carbons (Fsp3) is 0.310. The third kappa shape index (κ3) is 9.50. The highest BCUT2D eigenvalue weighted by Gasteiger charge is 2.15. The molecule has 180 valence electrons. The lowest BCUT2D eigenvalue weighted by Gasteiger charge is -2.22. The molecule has 0 saturated carbocycles. The summed E-state index contributed by atoms with van der Waals surface area (Å²) in [5.41, 5.74) is 2.87. The van der Waals surface area contributed by atoms with Gasteiger partial charge in [-0.3, -0.25) is 14.5 Å². The van der Waals surface area contributed by atoms with Gasteiger partial charge in [0, 0.05) is 25.1 Å². The summed E-state index contributed by atoms with van der Waals surface area (Å²) in [6.07, 6.45) is 4.52. The fourth-order valence-corrected chi connectivity index (χ4v) is 3.76. The molecule has 3 rings (SSSR count). The minimum Gasteiger partial charge on any atom is -0.427 e. The maximum absolute atomic E-state index is 13.1. The number of carbonyl (C=O) groups is 2. The van der Waals surface area contributed by atoms with Crippen molar-refractivity contribution in [2.75, 3.05) is 6.54 Å². The van der Waals surface area contributed by atoms with Crippen LogP contribution in [0.1, 0.15) is 60.5 Å². The molecule has 0 unspecified atom stereocenters. The van der Waals surface area contributed by atoms with Gasteiger partial charge in [0.25, 0.3) is 0 Å². The first-order valence-corrected chi connectivity index (χ1v) is 11.8. The van der Waals surface area contributed by atoms with Crippen LogP contribution in [-0.2, 0) is 17.9 Å². The average molecular weight is 480 g/mol. The quantitative estimate of drug-likeness (QED) is 0.116. The zero-order valence-electron chi connectivity index (χ0n) is 19.8. The van der Waals surface area contributed by atoms with Crippen molar-refractivity contribution in [2.24, 2.45) is 0 Å². The van der Waals surface area contributed by atoms with Crippen LogP contribution in [0.5, 0.6) is 5.75 Å². The van der Waals surface area contributed by atoms with E-state index in [1.165, 1.54) is 0 Å². The Balaban J connectivity index is 0.00000408. The smallest absolute Gasteiger partial charge is 0.311 e. The van der Waals surface area contributed by atoms with Crippen molar-refractivity contribution in [1.82, 2.24) is 4.90 Å². The predicted molar refractivity (Wildman–Crippen MR) is 139 cm³/mol. The summed E-state index contributed by atoms with van der Waals surface area (Å²) in [6, 6.07) is 27.3. The molecule has 4 nitrogen and oxygen atoms in total. The second-order valence-corrected chi connectivity index (χ2v) is 8.35. The Bertz CT molecular complexity index is 967. The van der Waals surface area contributed by atoms with Gasteiger partial charge in [-0.05, 0) is 29.7 Å². The van der Waals surface area contributed by atoms with Gasteiger partial charge in [-0.15, -0.1) is 12.4 Å². The van der Waals surface area contributed by atoms with Gasteiger partial charge in [-0.2, -0.15) is 0 Å². The first-order chi connectivity index (χ1) is 16.1. The number of Topliss-reactive ketones (excluding diaryl/α,β-unsaturated/α-hetero) is 1. The van der Waals surface area contributed by atoms with Gasteiger partial charge in [0.2, 0.25) is 0 Å². The van der Waals surface area contributed by atoms with Gasteiger partial charge in [-0.1, -0.05) is 99.0 Å². The minimum atomic E-state index is -0.245. The van der Waals surface area contributed by atoms with E-state index >= 15 is 0 Å². The zero-order chi connectivity index (χ0) is 23.3. The third-order valence-electron chi connectivity index (χ3n) is 5.49. The molecule has 0 N–H and O–H groups in total. The number of benzene rings is 3. The van der Waals surface area contributed by atoms with Crippen LogP contribution in [0.4, 0.5) is 0 Å². The number of unbranched alkanes of at least 4 members (excludes halogenated alkanes) is 3. The molecule has 0 heterocycles. The highest BCUT2D eigenvalue weighted by atomic mass is 35.5.